The number of aryl methyl sites for hydroxylation is 1. The molecule has 0 heterocycles. The third-order valence-corrected chi connectivity index (χ3v) is 6.17. The predicted octanol–water partition coefficient (Wildman–Crippen LogP) is 5.78. The van der Waals surface area contributed by atoms with Crippen LogP contribution >= 0.6 is 15.9 Å². The molecule has 0 aliphatic rings. The largest absolute Gasteiger partial charge is 0.490 e. The molecule has 1 unspecified atom stereocenters. The van der Waals surface area contributed by atoms with E-state index in [0.717, 1.165) is 5.56 Å². The molecule has 9 heteroatoms. The summed E-state index contributed by atoms with van der Waals surface area (Å²) in [5.74, 6) is -1.03. The second-order valence-electron chi connectivity index (χ2n) is 8.95. The highest BCUT2D eigenvalue weighted by atomic mass is 79.9. The lowest BCUT2D eigenvalue weighted by atomic mass is 10.0. The van der Waals surface area contributed by atoms with Gasteiger partial charge in [-0.05, 0) is 71.1 Å². The third-order valence-electron chi connectivity index (χ3n) is 5.58. The maximum Gasteiger partial charge on any atom is 0.262 e. The quantitative estimate of drug-likeness (QED) is 0.221. The average Bonchev–Trinajstić information content (AvgIpc) is 2.88. The molecule has 0 saturated carbocycles. The van der Waals surface area contributed by atoms with Crippen molar-refractivity contribution in [3.05, 3.63) is 93.2 Å². The Morgan fingerprint density at radius 1 is 1.08 bits per heavy atom. The number of hydrogen-bond donors (Lipinski definition) is 2. The van der Waals surface area contributed by atoms with Crippen LogP contribution < -0.4 is 20.2 Å². The van der Waals surface area contributed by atoms with Crippen molar-refractivity contribution in [1.82, 2.24) is 10.7 Å². The van der Waals surface area contributed by atoms with Crippen LogP contribution in [0.1, 0.15) is 47.8 Å². The number of amides is 2. The summed E-state index contributed by atoms with van der Waals surface area (Å²) < 4.78 is 26.4. The molecule has 0 aliphatic heterocycles. The van der Waals surface area contributed by atoms with E-state index in [9.17, 15) is 14.0 Å². The van der Waals surface area contributed by atoms with Gasteiger partial charge in [0.15, 0.2) is 11.5 Å². The van der Waals surface area contributed by atoms with Crippen LogP contribution in [0.4, 0.5) is 4.39 Å². The molecule has 3 rings (SSSR count). The number of nitrogens with one attached hydrogen (secondary N) is 2. The Morgan fingerprint density at radius 3 is 2.45 bits per heavy atom. The van der Waals surface area contributed by atoms with Gasteiger partial charge >= 0.3 is 0 Å². The zero-order valence-electron chi connectivity index (χ0n) is 21.8. The maximum atomic E-state index is 14.0. The van der Waals surface area contributed by atoms with E-state index in [0.29, 0.717) is 34.7 Å². The maximum absolute atomic E-state index is 14.0. The second kappa shape index (κ2) is 13.7. The lowest BCUT2D eigenvalue weighted by Gasteiger charge is -2.20. The highest BCUT2D eigenvalue weighted by Gasteiger charge is 2.25. The van der Waals surface area contributed by atoms with E-state index in [-0.39, 0.29) is 11.5 Å². The van der Waals surface area contributed by atoms with Crippen LogP contribution in [0, 0.1) is 18.7 Å². The molecule has 3 aromatic rings. The number of halogens is 2. The minimum Gasteiger partial charge on any atom is -0.490 e. The summed E-state index contributed by atoms with van der Waals surface area (Å²) in [5.41, 5.74) is 5.18. The summed E-state index contributed by atoms with van der Waals surface area (Å²) in [6.45, 7) is 8.26. The number of hydrazone groups is 1. The van der Waals surface area contributed by atoms with Crippen LogP contribution in [-0.2, 0) is 11.4 Å². The highest BCUT2D eigenvalue weighted by Crippen LogP contribution is 2.37. The van der Waals surface area contributed by atoms with Gasteiger partial charge in [-0.15, -0.1) is 0 Å². The first-order valence-electron chi connectivity index (χ1n) is 12.2. The monoisotopic (exact) mass is 583 g/mol. The SMILES string of the molecule is CCOc1cc(/C=N/NC(=O)C(NC(=O)c2ccccc2F)C(C)C)cc(Br)c1OCc1ccc(C)cc1. The van der Waals surface area contributed by atoms with Gasteiger partial charge in [0, 0.05) is 0 Å². The van der Waals surface area contributed by atoms with Gasteiger partial charge in [0.2, 0.25) is 0 Å². The third kappa shape index (κ3) is 7.89. The van der Waals surface area contributed by atoms with E-state index in [1.165, 1.54) is 30.0 Å². The number of carbonyl (C=O) groups excluding carboxylic acids is 2. The van der Waals surface area contributed by atoms with E-state index in [1.54, 1.807) is 32.0 Å². The molecule has 7 nitrogen and oxygen atoms in total. The van der Waals surface area contributed by atoms with E-state index in [4.69, 9.17) is 9.47 Å². The lowest BCUT2D eigenvalue weighted by Crippen LogP contribution is -2.48. The topological polar surface area (TPSA) is 89.0 Å². The molecular weight excluding hydrogens is 553 g/mol. The van der Waals surface area contributed by atoms with Crippen LogP contribution in [-0.4, -0.2) is 30.7 Å². The fraction of sp³-hybridized carbons (Fsp3) is 0.276. The van der Waals surface area contributed by atoms with Crippen LogP contribution in [0.15, 0.2) is 70.2 Å². The van der Waals surface area contributed by atoms with Crippen LogP contribution in [0.3, 0.4) is 0 Å². The Bertz CT molecular complexity index is 1300. The van der Waals surface area contributed by atoms with Crippen molar-refractivity contribution in [3.63, 3.8) is 0 Å². The molecule has 0 spiro atoms. The molecule has 2 amide bonds. The molecule has 0 radical (unpaired) electrons. The van der Waals surface area contributed by atoms with Crippen molar-refractivity contribution in [2.75, 3.05) is 6.61 Å². The summed E-state index contributed by atoms with van der Waals surface area (Å²) in [6, 6.07) is 16.3. The molecular formula is C29H31BrFN3O4. The van der Waals surface area contributed by atoms with Crippen molar-refractivity contribution < 1.29 is 23.5 Å². The molecule has 0 aromatic heterocycles. The van der Waals surface area contributed by atoms with E-state index in [2.05, 4.69) is 31.8 Å². The first kappa shape index (κ1) is 28.8. The minimum absolute atomic E-state index is 0.132. The van der Waals surface area contributed by atoms with Crippen LogP contribution in [0.25, 0.3) is 0 Å². The molecule has 0 aliphatic carbocycles. The normalized spacial score (nSPS) is 11.9. The molecule has 200 valence electrons. The fourth-order valence-corrected chi connectivity index (χ4v) is 4.12. The molecule has 0 fully saturated rings. The van der Waals surface area contributed by atoms with E-state index < -0.39 is 23.7 Å². The van der Waals surface area contributed by atoms with Gasteiger partial charge < -0.3 is 14.8 Å². The number of ether oxygens (including phenoxy) is 2. The van der Waals surface area contributed by atoms with Gasteiger partial charge in [0.25, 0.3) is 11.8 Å². The van der Waals surface area contributed by atoms with Gasteiger partial charge in [-0.3, -0.25) is 9.59 Å². The number of hydrogen-bond acceptors (Lipinski definition) is 5. The van der Waals surface area contributed by atoms with Gasteiger partial charge in [0.1, 0.15) is 18.5 Å². The summed E-state index contributed by atoms with van der Waals surface area (Å²) in [4.78, 5) is 25.3. The Balaban J connectivity index is 1.69. The summed E-state index contributed by atoms with van der Waals surface area (Å²) in [5, 5.41) is 6.64. The number of rotatable bonds is 11. The van der Waals surface area contributed by atoms with Gasteiger partial charge in [-0.25, -0.2) is 9.82 Å². The number of nitrogens with zero attached hydrogens (tertiary/aromatic N) is 1. The molecule has 3 aromatic carbocycles. The van der Waals surface area contributed by atoms with Crippen LogP contribution in [0.2, 0.25) is 0 Å². The average molecular weight is 584 g/mol. The minimum atomic E-state index is -0.914. The zero-order valence-corrected chi connectivity index (χ0v) is 23.3. The van der Waals surface area contributed by atoms with Crippen molar-refractivity contribution in [3.8, 4) is 11.5 Å². The molecule has 2 N–H and O–H groups in total. The smallest absolute Gasteiger partial charge is 0.262 e. The highest BCUT2D eigenvalue weighted by molar-refractivity contribution is 9.10. The van der Waals surface area contributed by atoms with E-state index in [1.807, 2.05) is 38.1 Å². The summed E-state index contributed by atoms with van der Waals surface area (Å²) >= 11 is 3.54. The Labute approximate surface area is 230 Å². The van der Waals surface area contributed by atoms with Gasteiger partial charge in [-0.1, -0.05) is 55.8 Å². The number of benzene rings is 3. The molecule has 38 heavy (non-hydrogen) atoms. The fourth-order valence-electron chi connectivity index (χ4n) is 3.54. The summed E-state index contributed by atoms with van der Waals surface area (Å²) in [7, 11) is 0. The second-order valence-corrected chi connectivity index (χ2v) is 9.80. The van der Waals surface area contributed by atoms with Crippen molar-refractivity contribution in [2.45, 2.75) is 40.3 Å². The first-order valence-corrected chi connectivity index (χ1v) is 13.0. The standard InChI is InChI=1S/C29H31BrFN3O4/c1-5-37-25-15-21(14-23(30)27(25)38-17-20-12-10-19(4)11-13-20)16-32-34-29(36)26(18(2)3)33-28(35)22-8-6-7-9-24(22)31/h6-16,18,26H,5,17H2,1-4H3,(H,33,35)(H,34,36)/b32-16+. The lowest BCUT2D eigenvalue weighted by molar-refractivity contribution is -0.123. The van der Waals surface area contributed by atoms with Crippen molar-refractivity contribution in [1.29, 1.82) is 0 Å². The van der Waals surface area contributed by atoms with Crippen molar-refractivity contribution >= 4 is 34.0 Å². The Hall–Kier alpha value is -3.72. The van der Waals surface area contributed by atoms with Gasteiger partial charge in [-0.2, -0.15) is 5.10 Å². The number of carbonyl (C=O) groups is 2. The Kier molecular flexibility index (Phi) is 10.4. The van der Waals surface area contributed by atoms with Crippen LogP contribution in [0.5, 0.6) is 11.5 Å². The summed E-state index contributed by atoms with van der Waals surface area (Å²) in [6.07, 6.45) is 1.46. The zero-order chi connectivity index (χ0) is 27.7. The molecule has 0 bridgehead atoms. The first-order chi connectivity index (χ1) is 18.2. The van der Waals surface area contributed by atoms with E-state index >= 15 is 0 Å². The van der Waals surface area contributed by atoms with Crippen molar-refractivity contribution in [2.24, 2.45) is 11.0 Å². The molecule has 0 saturated heterocycles. The Morgan fingerprint density at radius 2 is 1.79 bits per heavy atom. The predicted molar refractivity (Wildman–Crippen MR) is 149 cm³/mol. The molecule has 1 atom stereocenters. The van der Waals surface area contributed by atoms with Gasteiger partial charge in [0.05, 0.1) is 22.9 Å².